The van der Waals surface area contributed by atoms with E-state index in [-0.39, 0.29) is 11.3 Å². The van der Waals surface area contributed by atoms with Crippen LogP contribution >= 0.6 is 0 Å². The molecule has 1 heterocycles. The first-order chi connectivity index (χ1) is 9.18. The molecule has 0 radical (unpaired) electrons. The molecule has 0 saturated heterocycles. The van der Waals surface area contributed by atoms with E-state index in [1.165, 1.54) is 13.0 Å². The van der Waals surface area contributed by atoms with Gasteiger partial charge < -0.3 is 4.57 Å². The Labute approximate surface area is 111 Å². The molecule has 1 aromatic heterocycles. The lowest BCUT2D eigenvalue weighted by atomic mass is 10.0. The lowest BCUT2D eigenvalue weighted by Crippen LogP contribution is -2.11. The van der Waals surface area contributed by atoms with Crippen LogP contribution in [0, 0.1) is 5.82 Å². The summed E-state index contributed by atoms with van der Waals surface area (Å²) in [5.74, 6) is -0.727. The van der Waals surface area contributed by atoms with Crippen molar-refractivity contribution in [3.8, 4) is 5.69 Å². The molecule has 0 saturated carbocycles. The number of hydrogen-bond acceptors (Lipinski definition) is 2. The molecule has 3 nitrogen and oxygen atoms in total. The van der Waals surface area contributed by atoms with Crippen molar-refractivity contribution >= 4 is 5.78 Å². The van der Waals surface area contributed by atoms with Gasteiger partial charge in [-0.25, -0.2) is 9.37 Å². The highest BCUT2D eigenvalue weighted by atomic mass is 19.1. The topological polar surface area (TPSA) is 34.9 Å². The maximum atomic E-state index is 13.9. The summed E-state index contributed by atoms with van der Waals surface area (Å²) in [5.41, 5.74) is 2.93. The van der Waals surface area contributed by atoms with Crippen LogP contribution in [-0.4, -0.2) is 15.3 Å². The number of imidazole rings is 1. The predicted octanol–water partition coefficient (Wildman–Crippen LogP) is 3.09. The minimum Gasteiger partial charge on any atom is -0.302 e. The van der Waals surface area contributed by atoms with Crippen molar-refractivity contribution < 1.29 is 9.18 Å². The summed E-state index contributed by atoms with van der Waals surface area (Å²) in [7, 11) is 0. The van der Waals surface area contributed by atoms with Gasteiger partial charge in [0.2, 0.25) is 0 Å². The summed E-state index contributed by atoms with van der Waals surface area (Å²) < 4.78 is 15.7. The average Bonchev–Trinajstić information content (AvgIpc) is 2.81. The van der Waals surface area contributed by atoms with Crippen molar-refractivity contribution in [3.63, 3.8) is 0 Å². The molecule has 2 aromatic rings. The molecule has 0 N–H and O–H groups in total. The van der Waals surface area contributed by atoms with Gasteiger partial charge in [0.15, 0.2) is 5.78 Å². The van der Waals surface area contributed by atoms with Crippen molar-refractivity contribution in [2.45, 2.75) is 32.6 Å². The number of nitrogens with zero attached hydrogens (tertiary/aromatic N) is 2. The summed E-state index contributed by atoms with van der Waals surface area (Å²) >= 11 is 0. The number of ketones is 1. The van der Waals surface area contributed by atoms with E-state index in [0.717, 1.165) is 37.1 Å². The smallest absolute Gasteiger partial charge is 0.164 e. The molecule has 1 aliphatic carbocycles. The van der Waals surface area contributed by atoms with E-state index in [2.05, 4.69) is 4.98 Å². The van der Waals surface area contributed by atoms with Gasteiger partial charge in [-0.05, 0) is 44.7 Å². The van der Waals surface area contributed by atoms with Crippen LogP contribution in [0.1, 0.15) is 41.5 Å². The van der Waals surface area contributed by atoms with Gasteiger partial charge >= 0.3 is 0 Å². The van der Waals surface area contributed by atoms with Gasteiger partial charge in [0.25, 0.3) is 0 Å². The van der Waals surface area contributed by atoms with E-state index >= 15 is 0 Å². The third-order valence-corrected chi connectivity index (χ3v) is 3.63. The normalized spacial score (nSPS) is 14.2. The predicted molar refractivity (Wildman–Crippen MR) is 70.2 cm³/mol. The van der Waals surface area contributed by atoms with Crippen LogP contribution in [0.5, 0.6) is 0 Å². The zero-order chi connectivity index (χ0) is 13.4. The van der Waals surface area contributed by atoms with Gasteiger partial charge in [-0.1, -0.05) is 6.07 Å². The van der Waals surface area contributed by atoms with Crippen molar-refractivity contribution in [3.05, 3.63) is 47.3 Å². The number of Topliss-reactive ketones (excluding diaryl/α,β-unsaturated/α-hetero) is 1. The third-order valence-electron chi connectivity index (χ3n) is 3.63. The minimum absolute atomic E-state index is 0.147. The van der Waals surface area contributed by atoms with E-state index in [0.29, 0.717) is 5.69 Å². The quantitative estimate of drug-likeness (QED) is 0.776. The van der Waals surface area contributed by atoms with Crippen LogP contribution in [0.15, 0.2) is 24.5 Å². The number of carbonyl (C=O) groups excluding carboxylic acids is 1. The molecule has 0 amide bonds. The maximum Gasteiger partial charge on any atom is 0.164 e. The van der Waals surface area contributed by atoms with Crippen LogP contribution in [0.25, 0.3) is 5.69 Å². The maximum absolute atomic E-state index is 13.9. The van der Waals surface area contributed by atoms with E-state index in [1.54, 1.807) is 18.5 Å². The van der Waals surface area contributed by atoms with E-state index < -0.39 is 5.82 Å². The van der Waals surface area contributed by atoms with Gasteiger partial charge in [-0.2, -0.15) is 0 Å². The van der Waals surface area contributed by atoms with Crippen LogP contribution in [0.4, 0.5) is 4.39 Å². The molecule has 1 aromatic carbocycles. The fourth-order valence-electron chi connectivity index (χ4n) is 2.74. The van der Waals surface area contributed by atoms with Crippen molar-refractivity contribution in [1.82, 2.24) is 9.55 Å². The Morgan fingerprint density at radius 1 is 1.32 bits per heavy atom. The Hall–Kier alpha value is -1.97. The molecular weight excluding hydrogens is 243 g/mol. The molecule has 98 valence electrons. The Morgan fingerprint density at radius 2 is 2.11 bits per heavy atom. The van der Waals surface area contributed by atoms with Crippen LogP contribution in [0.3, 0.4) is 0 Å². The van der Waals surface area contributed by atoms with E-state index in [1.807, 2.05) is 4.57 Å². The van der Waals surface area contributed by atoms with Crippen molar-refractivity contribution in [2.24, 2.45) is 0 Å². The third kappa shape index (κ3) is 1.97. The second-order valence-corrected chi connectivity index (χ2v) is 4.91. The number of aryl methyl sites for hydroxylation is 1. The second kappa shape index (κ2) is 4.61. The molecule has 3 rings (SSSR count). The first kappa shape index (κ1) is 12.1. The van der Waals surface area contributed by atoms with Crippen LogP contribution in [-0.2, 0) is 12.8 Å². The van der Waals surface area contributed by atoms with Gasteiger partial charge in [0, 0.05) is 5.69 Å². The molecule has 0 fully saturated rings. The molecule has 0 atom stereocenters. The summed E-state index contributed by atoms with van der Waals surface area (Å²) in [6.07, 6.45) is 5.86. The Kier molecular flexibility index (Phi) is 2.93. The van der Waals surface area contributed by atoms with Gasteiger partial charge in [0.1, 0.15) is 5.82 Å². The molecule has 4 heteroatoms. The Morgan fingerprint density at radius 3 is 2.89 bits per heavy atom. The highest BCUT2D eigenvalue weighted by Crippen LogP contribution is 2.26. The second-order valence-electron chi connectivity index (χ2n) is 4.91. The number of rotatable bonds is 2. The first-order valence-corrected chi connectivity index (χ1v) is 6.53. The molecule has 0 aliphatic heterocycles. The SMILES string of the molecule is CC(=O)c1c(F)cccc1-n1cnc2c1CCCC2. The van der Waals surface area contributed by atoms with Crippen molar-refractivity contribution in [2.75, 3.05) is 0 Å². The van der Waals surface area contributed by atoms with Gasteiger partial charge in [-0.15, -0.1) is 0 Å². The molecular formula is C15H15FN2O. The molecule has 0 spiro atoms. The summed E-state index contributed by atoms with van der Waals surface area (Å²) in [6.45, 7) is 1.39. The average molecular weight is 258 g/mol. The largest absolute Gasteiger partial charge is 0.302 e. The number of benzene rings is 1. The molecule has 1 aliphatic rings. The standard InChI is InChI=1S/C15H15FN2O/c1-10(19)15-11(16)5-4-8-14(15)18-9-17-12-6-2-3-7-13(12)18/h4-5,8-9H,2-3,6-7H2,1H3. The fourth-order valence-corrected chi connectivity index (χ4v) is 2.74. The molecule has 0 bridgehead atoms. The van der Waals surface area contributed by atoms with Crippen LogP contribution < -0.4 is 0 Å². The summed E-state index contributed by atoms with van der Waals surface area (Å²) in [6, 6.07) is 4.73. The van der Waals surface area contributed by atoms with Crippen LogP contribution in [0.2, 0.25) is 0 Å². The Balaban J connectivity index is 2.20. The van der Waals surface area contributed by atoms with E-state index in [9.17, 15) is 9.18 Å². The monoisotopic (exact) mass is 258 g/mol. The highest BCUT2D eigenvalue weighted by Gasteiger charge is 2.20. The van der Waals surface area contributed by atoms with Gasteiger partial charge in [0.05, 0.1) is 23.3 Å². The summed E-state index contributed by atoms with van der Waals surface area (Å²) in [5, 5.41) is 0. The fraction of sp³-hybridized carbons (Fsp3) is 0.333. The Bertz CT molecular complexity index is 646. The van der Waals surface area contributed by atoms with Crippen molar-refractivity contribution in [1.29, 1.82) is 0 Å². The van der Waals surface area contributed by atoms with E-state index in [4.69, 9.17) is 0 Å². The van der Waals surface area contributed by atoms with Gasteiger partial charge in [-0.3, -0.25) is 4.79 Å². The number of fused-ring (bicyclic) bond motifs is 1. The molecule has 19 heavy (non-hydrogen) atoms. The minimum atomic E-state index is -0.469. The number of carbonyl (C=O) groups is 1. The highest BCUT2D eigenvalue weighted by molar-refractivity contribution is 5.98. The molecule has 0 unspecified atom stereocenters. The lowest BCUT2D eigenvalue weighted by molar-refractivity contribution is 0.101. The number of aromatic nitrogens is 2. The zero-order valence-corrected chi connectivity index (χ0v) is 10.8. The lowest BCUT2D eigenvalue weighted by Gasteiger charge is -2.16. The summed E-state index contributed by atoms with van der Waals surface area (Å²) in [4.78, 5) is 16.1. The first-order valence-electron chi connectivity index (χ1n) is 6.53. The zero-order valence-electron chi connectivity index (χ0n) is 10.8. The number of hydrogen-bond donors (Lipinski definition) is 0. The number of halogens is 1.